The Hall–Kier alpha value is -2.93. The lowest BCUT2D eigenvalue weighted by atomic mass is 10.1. The number of carbonyl (C=O) groups is 1. The molecular formula is C18H13ClFN3O3. The van der Waals surface area contributed by atoms with E-state index in [-0.39, 0.29) is 35.8 Å². The van der Waals surface area contributed by atoms with E-state index in [1.165, 1.54) is 17.0 Å². The zero-order valence-corrected chi connectivity index (χ0v) is 14.5. The highest BCUT2D eigenvalue weighted by atomic mass is 35.5. The van der Waals surface area contributed by atoms with Crippen LogP contribution in [0.2, 0.25) is 5.02 Å². The molecule has 2 aromatic carbocycles. The summed E-state index contributed by atoms with van der Waals surface area (Å²) in [6.45, 7) is 1.99. The Kier molecular flexibility index (Phi) is 4.08. The number of carbonyl (C=O) groups excluding carboxylic acids is 1. The minimum absolute atomic E-state index is 0.0169. The molecule has 2 heterocycles. The summed E-state index contributed by atoms with van der Waals surface area (Å²) in [6.07, 6.45) is 0. The van der Waals surface area contributed by atoms with Crippen LogP contribution in [0, 0.1) is 12.7 Å². The van der Waals surface area contributed by atoms with E-state index in [4.69, 9.17) is 20.9 Å². The number of aromatic nitrogens is 2. The molecule has 0 fully saturated rings. The molecule has 0 saturated heterocycles. The molecule has 3 aromatic rings. The Bertz CT molecular complexity index is 1010. The average molecular weight is 374 g/mol. The van der Waals surface area contributed by atoms with Gasteiger partial charge in [-0.25, -0.2) is 4.39 Å². The molecule has 0 radical (unpaired) electrons. The van der Waals surface area contributed by atoms with E-state index in [0.717, 1.165) is 5.56 Å². The predicted molar refractivity (Wildman–Crippen MR) is 92.6 cm³/mol. The number of ether oxygens (including phenoxy) is 1. The van der Waals surface area contributed by atoms with Gasteiger partial charge in [-0.1, -0.05) is 22.8 Å². The van der Waals surface area contributed by atoms with Gasteiger partial charge in [-0.05, 0) is 42.8 Å². The van der Waals surface area contributed by atoms with Gasteiger partial charge >= 0.3 is 0 Å². The monoisotopic (exact) mass is 373 g/mol. The molecule has 1 aliphatic heterocycles. The molecule has 0 atom stereocenters. The second-order valence-electron chi connectivity index (χ2n) is 5.88. The lowest BCUT2D eigenvalue weighted by molar-refractivity contribution is -0.121. The third-order valence-corrected chi connectivity index (χ3v) is 4.30. The van der Waals surface area contributed by atoms with E-state index in [0.29, 0.717) is 17.0 Å². The van der Waals surface area contributed by atoms with Crippen molar-refractivity contribution >= 4 is 23.2 Å². The first kappa shape index (κ1) is 16.5. The van der Waals surface area contributed by atoms with Crippen LogP contribution in [0.3, 0.4) is 0 Å². The summed E-state index contributed by atoms with van der Waals surface area (Å²) in [4.78, 5) is 18.0. The maximum atomic E-state index is 13.6. The normalized spacial score (nSPS) is 13.5. The van der Waals surface area contributed by atoms with Crippen LogP contribution >= 0.6 is 11.6 Å². The second kappa shape index (κ2) is 6.42. The van der Waals surface area contributed by atoms with Crippen LogP contribution in [0.15, 0.2) is 40.9 Å². The van der Waals surface area contributed by atoms with Crippen LogP contribution in [-0.2, 0) is 11.3 Å². The van der Waals surface area contributed by atoms with Gasteiger partial charge in [-0.2, -0.15) is 4.98 Å². The van der Waals surface area contributed by atoms with Crippen molar-refractivity contribution in [2.45, 2.75) is 13.5 Å². The maximum absolute atomic E-state index is 13.6. The molecule has 1 amide bonds. The fourth-order valence-electron chi connectivity index (χ4n) is 2.69. The summed E-state index contributed by atoms with van der Waals surface area (Å²) in [7, 11) is 0. The molecule has 6 nitrogen and oxygen atoms in total. The largest absolute Gasteiger partial charge is 0.482 e. The van der Waals surface area contributed by atoms with Crippen molar-refractivity contribution in [1.82, 2.24) is 10.1 Å². The Labute approximate surface area is 153 Å². The molecule has 1 aromatic heterocycles. The standard InChI is InChI=1S/C18H13ClFN3O3/c1-10-2-5-14-15(6-10)25-9-17(24)23(14)8-16-21-18(22-26-16)11-3-4-12(19)13(20)7-11/h2-7H,8-9H2,1H3. The van der Waals surface area contributed by atoms with Gasteiger partial charge in [0.25, 0.3) is 5.91 Å². The highest BCUT2D eigenvalue weighted by Gasteiger charge is 2.27. The molecule has 0 aliphatic carbocycles. The summed E-state index contributed by atoms with van der Waals surface area (Å²) in [5, 5.41) is 3.87. The van der Waals surface area contributed by atoms with Crippen LogP contribution in [0.4, 0.5) is 10.1 Å². The van der Waals surface area contributed by atoms with Crippen LogP contribution in [0.5, 0.6) is 5.75 Å². The number of fused-ring (bicyclic) bond motifs is 1. The zero-order valence-electron chi connectivity index (χ0n) is 13.7. The molecule has 1 aliphatic rings. The summed E-state index contributed by atoms with van der Waals surface area (Å²) in [5.41, 5.74) is 2.11. The van der Waals surface area contributed by atoms with Crippen molar-refractivity contribution in [2.24, 2.45) is 0 Å². The number of anilines is 1. The minimum atomic E-state index is -0.567. The molecule has 0 unspecified atom stereocenters. The maximum Gasteiger partial charge on any atom is 0.265 e. The Morgan fingerprint density at radius 3 is 2.92 bits per heavy atom. The van der Waals surface area contributed by atoms with Crippen LogP contribution in [-0.4, -0.2) is 22.7 Å². The molecule has 0 saturated carbocycles. The van der Waals surface area contributed by atoms with Crippen molar-refractivity contribution in [3.8, 4) is 17.1 Å². The van der Waals surface area contributed by atoms with E-state index < -0.39 is 5.82 Å². The summed E-state index contributed by atoms with van der Waals surface area (Å²) in [5.74, 6) is 0.309. The smallest absolute Gasteiger partial charge is 0.265 e. The Morgan fingerprint density at radius 1 is 1.27 bits per heavy atom. The second-order valence-corrected chi connectivity index (χ2v) is 6.29. The number of amides is 1. The van der Waals surface area contributed by atoms with E-state index in [2.05, 4.69) is 10.1 Å². The quantitative estimate of drug-likeness (QED) is 0.699. The van der Waals surface area contributed by atoms with E-state index >= 15 is 0 Å². The first-order valence-electron chi connectivity index (χ1n) is 7.83. The average Bonchev–Trinajstić information content (AvgIpc) is 3.08. The van der Waals surface area contributed by atoms with Crippen molar-refractivity contribution < 1.29 is 18.4 Å². The third kappa shape index (κ3) is 3.01. The van der Waals surface area contributed by atoms with Crippen molar-refractivity contribution in [3.05, 3.63) is 58.7 Å². The topological polar surface area (TPSA) is 68.5 Å². The van der Waals surface area contributed by atoms with E-state index in [1.807, 2.05) is 25.1 Å². The first-order valence-corrected chi connectivity index (χ1v) is 8.21. The molecule has 0 N–H and O–H groups in total. The third-order valence-electron chi connectivity index (χ3n) is 4.00. The number of aryl methyl sites for hydroxylation is 1. The predicted octanol–water partition coefficient (Wildman–Crippen LogP) is 3.76. The SMILES string of the molecule is Cc1ccc2c(c1)OCC(=O)N2Cc1nc(-c2ccc(Cl)c(F)c2)no1. The van der Waals surface area contributed by atoms with Crippen molar-refractivity contribution in [2.75, 3.05) is 11.5 Å². The van der Waals surface area contributed by atoms with Gasteiger partial charge in [0.05, 0.1) is 10.7 Å². The van der Waals surface area contributed by atoms with Gasteiger partial charge in [-0.3, -0.25) is 9.69 Å². The number of hydrogen-bond acceptors (Lipinski definition) is 5. The van der Waals surface area contributed by atoms with Crippen LogP contribution < -0.4 is 9.64 Å². The molecule has 26 heavy (non-hydrogen) atoms. The van der Waals surface area contributed by atoms with Crippen molar-refractivity contribution in [3.63, 3.8) is 0 Å². The molecule has 8 heteroatoms. The van der Waals surface area contributed by atoms with Gasteiger partial charge in [0.1, 0.15) is 18.1 Å². The zero-order chi connectivity index (χ0) is 18.3. The van der Waals surface area contributed by atoms with Gasteiger partial charge < -0.3 is 9.26 Å². The summed E-state index contributed by atoms with van der Waals surface area (Å²) < 4.78 is 24.3. The Balaban J connectivity index is 1.61. The van der Waals surface area contributed by atoms with Gasteiger partial charge in [0.2, 0.25) is 11.7 Å². The van der Waals surface area contributed by atoms with E-state index in [9.17, 15) is 9.18 Å². The number of hydrogen-bond donors (Lipinski definition) is 0. The highest BCUT2D eigenvalue weighted by Crippen LogP contribution is 2.34. The van der Waals surface area contributed by atoms with Gasteiger partial charge in [-0.15, -0.1) is 0 Å². The lowest BCUT2D eigenvalue weighted by Crippen LogP contribution is -2.38. The molecule has 0 bridgehead atoms. The van der Waals surface area contributed by atoms with Gasteiger partial charge in [0.15, 0.2) is 6.61 Å². The summed E-state index contributed by atoms with van der Waals surface area (Å²) >= 11 is 5.68. The molecule has 4 rings (SSSR count). The minimum Gasteiger partial charge on any atom is -0.482 e. The fourth-order valence-corrected chi connectivity index (χ4v) is 2.81. The van der Waals surface area contributed by atoms with Crippen LogP contribution in [0.25, 0.3) is 11.4 Å². The number of nitrogens with zero attached hydrogens (tertiary/aromatic N) is 3. The van der Waals surface area contributed by atoms with Crippen molar-refractivity contribution in [1.29, 1.82) is 0 Å². The number of rotatable bonds is 3. The number of benzene rings is 2. The molecular weight excluding hydrogens is 361 g/mol. The first-order chi connectivity index (χ1) is 12.5. The molecule has 0 spiro atoms. The van der Waals surface area contributed by atoms with Gasteiger partial charge in [0, 0.05) is 5.56 Å². The molecule has 132 valence electrons. The lowest BCUT2D eigenvalue weighted by Gasteiger charge is -2.28. The van der Waals surface area contributed by atoms with E-state index in [1.54, 1.807) is 6.07 Å². The Morgan fingerprint density at radius 2 is 2.12 bits per heavy atom. The summed E-state index contributed by atoms with van der Waals surface area (Å²) in [6, 6.07) is 9.82. The fraction of sp³-hybridized carbons (Fsp3) is 0.167. The number of halogens is 2. The highest BCUT2D eigenvalue weighted by molar-refractivity contribution is 6.30. The van der Waals surface area contributed by atoms with Crippen LogP contribution in [0.1, 0.15) is 11.5 Å².